The molecule has 0 fully saturated rings. The number of aromatic nitrogens is 4. The van der Waals surface area contributed by atoms with Crippen LogP contribution in [0.5, 0.6) is 5.88 Å². The minimum absolute atomic E-state index is 0. The number of thiophene rings is 1. The van der Waals surface area contributed by atoms with E-state index in [9.17, 15) is 9.90 Å². The Morgan fingerprint density at radius 1 is 1.09 bits per heavy atom. The van der Waals surface area contributed by atoms with Gasteiger partial charge in [-0.2, -0.15) is 16.4 Å². The first-order valence-electron chi connectivity index (χ1n) is 10.5. The van der Waals surface area contributed by atoms with Gasteiger partial charge in [0.25, 0.3) is 5.56 Å². The number of hydrogen-bond acceptors (Lipinski definition) is 6. The van der Waals surface area contributed by atoms with Gasteiger partial charge >= 0.3 is 0 Å². The van der Waals surface area contributed by atoms with Crippen molar-refractivity contribution in [2.45, 2.75) is 29.7 Å². The van der Waals surface area contributed by atoms with Crippen LogP contribution in [0.1, 0.15) is 28.6 Å². The summed E-state index contributed by atoms with van der Waals surface area (Å²) in [5.41, 5.74) is 5.40. The molecule has 1 unspecified atom stereocenters. The molecule has 3 heterocycles. The van der Waals surface area contributed by atoms with Gasteiger partial charge in [-0.1, -0.05) is 59.8 Å². The molecule has 5 N–H and O–H groups in total. The smallest absolute Gasteiger partial charge is 0.277 e. The molecule has 0 aliphatic heterocycles. The highest BCUT2D eigenvalue weighted by atomic mass is 35.5. The number of aryl methyl sites for hydroxylation is 2. The largest absolute Gasteiger partial charge is 0.858 e. The lowest BCUT2D eigenvalue weighted by Crippen LogP contribution is -2.17. The molecule has 10 heteroatoms. The topological polar surface area (TPSA) is 125 Å². The molecular weight excluding hydrogens is 502 g/mol. The summed E-state index contributed by atoms with van der Waals surface area (Å²) in [4.78, 5) is 13.6. The van der Waals surface area contributed by atoms with Crippen LogP contribution >= 0.6 is 34.7 Å². The van der Waals surface area contributed by atoms with Gasteiger partial charge in [0.1, 0.15) is 0 Å². The molecule has 0 aliphatic rings. The molecule has 180 valence electrons. The molecule has 1 atom stereocenters. The van der Waals surface area contributed by atoms with Crippen molar-refractivity contribution in [1.29, 1.82) is 0 Å². The van der Waals surface area contributed by atoms with Gasteiger partial charge < -0.3 is 11.3 Å². The van der Waals surface area contributed by atoms with Crippen LogP contribution in [-0.2, 0) is 0 Å². The highest BCUT2D eigenvalue weighted by molar-refractivity contribution is 7.99. The molecule has 2 aromatic carbocycles. The Kier molecular flexibility index (Phi) is 7.23. The van der Waals surface area contributed by atoms with Crippen molar-refractivity contribution in [3.8, 4) is 17.0 Å². The summed E-state index contributed by atoms with van der Waals surface area (Å²) in [7, 11) is 0. The molecule has 0 aliphatic carbocycles. The van der Waals surface area contributed by atoms with Crippen molar-refractivity contribution < 1.29 is 5.11 Å². The molecule has 0 saturated carbocycles. The van der Waals surface area contributed by atoms with Crippen LogP contribution in [0.25, 0.3) is 11.1 Å². The van der Waals surface area contributed by atoms with Gasteiger partial charge in [0, 0.05) is 22.0 Å². The highest BCUT2D eigenvalue weighted by Crippen LogP contribution is 2.38. The molecule has 0 radical (unpaired) electrons. The van der Waals surface area contributed by atoms with Crippen LogP contribution in [0.3, 0.4) is 0 Å². The number of rotatable bonds is 6. The fraction of sp³-hybridized carbons (Fsp3) is 0.120. The van der Waals surface area contributed by atoms with E-state index in [1.807, 2.05) is 67.1 Å². The lowest BCUT2D eigenvalue weighted by atomic mass is 9.97. The van der Waals surface area contributed by atoms with Crippen LogP contribution < -0.4 is 16.8 Å². The molecular formula is C25H23ClN5O2S2-. The minimum Gasteiger partial charge on any atom is -0.858 e. The fourth-order valence-electron chi connectivity index (χ4n) is 4.06. The molecule has 5 aromatic rings. The minimum atomic E-state index is -0.465. The number of aromatic amines is 2. The summed E-state index contributed by atoms with van der Waals surface area (Å²) in [5.74, 6) is -0.378. The molecule has 0 amide bonds. The second kappa shape index (κ2) is 10.2. The van der Waals surface area contributed by atoms with Gasteiger partial charge in [-0.05, 0) is 59.5 Å². The van der Waals surface area contributed by atoms with Crippen molar-refractivity contribution in [3.63, 3.8) is 0 Å². The van der Waals surface area contributed by atoms with Crippen molar-refractivity contribution in [1.82, 2.24) is 26.1 Å². The van der Waals surface area contributed by atoms with Gasteiger partial charge in [-0.15, -0.1) is 0 Å². The summed E-state index contributed by atoms with van der Waals surface area (Å²) in [6.07, 6.45) is 0. The Morgan fingerprint density at radius 2 is 1.83 bits per heavy atom. The zero-order valence-corrected chi connectivity index (χ0v) is 21.4. The van der Waals surface area contributed by atoms with Gasteiger partial charge in [0.2, 0.25) is 0 Å². The van der Waals surface area contributed by atoms with E-state index in [-0.39, 0.29) is 16.9 Å². The lowest BCUT2D eigenvalue weighted by Gasteiger charge is -2.24. The Balaban J connectivity index is 0.00000289. The maximum absolute atomic E-state index is 13.4. The summed E-state index contributed by atoms with van der Waals surface area (Å²) >= 11 is 8.88. The van der Waals surface area contributed by atoms with Gasteiger partial charge in [-0.25, -0.2) is 0 Å². The SMILES string of the molecule is Cc1n[nH]c(C)c1-c1ccc(C(c2ccsc2)n2[nH]c(=O)c(Sc3ccccc3Cl)c2[O-])cc1.N. The quantitative estimate of drug-likeness (QED) is 0.254. The van der Waals surface area contributed by atoms with E-state index in [2.05, 4.69) is 15.3 Å². The summed E-state index contributed by atoms with van der Waals surface area (Å²) in [6, 6.07) is 16.7. The van der Waals surface area contributed by atoms with E-state index in [1.165, 1.54) is 4.68 Å². The third-order valence-corrected chi connectivity index (χ3v) is 7.93. The molecule has 0 spiro atoms. The van der Waals surface area contributed by atoms with E-state index in [0.29, 0.717) is 9.92 Å². The van der Waals surface area contributed by atoms with Gasteiger partial charge in [-0.3, -0.25) is 19.7 Å². The maximum Gasteiger partial charge on any atom is 0.277 e. The first-order chi connectivity index (χ1) is 16.4. The Hall–Kier alpha value is -3.24. The summed E-state index contributed by atoms with van der Waals surface area (Å²) < 4.78 is 1.41. The Morgan fingerprint density at radius 3 is 2.46 bits per heavy atom. The van der Waals surface area contributed by atoms with Crippen LogP contribution in [0.4, 0.5) is 0 Å². The monoisotopic (exact) mass is 524 g/mol. The average molecular weight is 525 g/mol. The molecule has 3 aromatic heterocycles. The highest BCUT2D eigenvalue weighted by Gasteiger charge is 2.22. The van der Waals surface area contributed by atoms with E-state index in [4.69, 9.17) is 11.6 Å². The number of nitrogens with zero attached hydrogens (tertiary/aromatic N) is 2. The van der Waals surface area contributed by atoms with E-state index >= 15 is 0 Å². The molecule has 7 nitrogen and oxygen atoms in total. The number of nitrogens with one attached hydrogen (secondary N) is 2. The number of benzene rings is 2. The second-order valence-electron chi connectivity index (χ2n) is 7.87. The van der Waals surface area contributed by atoms with Crippen LogP contribution in [0.2, 0.25) is 5.02 Å². The van der Waals surface area contributed by atoms with E-state index in [1.54, 1.807) is 23.5 Å². The standard InChI is InChI=1S/C25H21ClN4O2S2.H3N/c1-14-21(15(2)28-27-14)16-7-9-17(10-8-16)22(18-11-12-33-13-18)30-25(32)23(24(31)29-30)34-20-6-4-3-5-19(20)26;/h3-13,22,32H,1-2H3,(H,27,28)(H,29,31);1H3/p-1. The summed E-state index contributed by atoms with van der Waals surface area (Å²) in [6.45, 7) is 3.96. The van der Waals surface area contributed by atoms with Crippen molar-refractivity contribution >= 4 is 34.7 Å². The fourth-order valence-corrected chi connectivity index (χ4v) is 5.84. The predicted molar refractivity (Wildman–Crippen MR) is 140 cm³/mol. The molecule has 35 heavy (non-hydrogen) atoms. The lowest BCUT2D eigenvalue weighted by molar-refractivity contribution is -0.284. The number of hydrogen-bond donors (Lipinski definition) is 3. The number of H-pyrrole nitrogens is 2. The molecule has 5 rings (SSSR count). The Labute approximate surface area is 215 Å². The van der Waals surface area contributed by atoms with Gasteiger partial charge in [0.15, 0.2) is 0 Å². The van der Waals surface area contributed by atoms with Crippen molar-refractivity contribution in [2.24, 2.45) is 0 Å². The average Bonchev–Trinajstić information content (AvgIpc) is 3.54. The molecule has 0 bridgehead atoms. The Bertz CT molecular complexity index is 1480. The zero-order valence-electron chi connectivity index (χ0n) is 19.0. The van der Waals surface area contributed by atoms with E-state index < -0.39 is 11.6 Å². The first-order valence-corrected chi connectivity index (χ1v) is 12.7. The first kappa shape index (κ1) is 24.9. The predicted octanol–water partition coefficient (Wildman–Crippen LogP) is 5.92. The van der Waals surface area contributed by atoms with Gasteiger partial charge in [0.05, 0.1) is 21.7 Å². The zero-order chi connectivity index (χ0) is 23.8. The van der Waals surface area contributed by atoms with Crippen molar-refractivity contribution in [2.75, 3.05) is 0 Å². The second-order valence-corrected chi connectivity index (χ2v) is 10.1. The summed E-state index contributed by atoms with van der Waals surface area (Å²) in [5, 5.41) is 27.9. The normalized spacial score (nSPS) is 11.9. The van der Waals surface area contributed by atoms with Crippen LogP contribution in [-0.4, -0.2) is 20.0 Å². The third kappa shape index (κ3) is 4.68. The molecule has 0 saturated heterocycles. The maximum atomic E-state index is 13.4. The number of halogens is 1. The third-order valence-electron chi connectivity index (χ3n) is 5.65. The van der Waals surface area contributed by atoms with E-state index in [0.717, 1.165) is 45.4 Å². The van der Waals surface area contributed by atoms with Crippen LogP contribution in [0, 0.1) is 13.8 Å². The van der Waals surface area contributed by atoms with Crippen molar-refractivity contribution in [3.05, 3.63) is 103 Å². The van der Waals surface area contributed by atoms with Crippen LogP contribution in [0.15, 0.2) is 79.9 Å².